The molecule has 5 nitrogen and oxygen atoms in total. The number of nitrogens with zero attached hydrogens (tertiary/aromatic N) is 2. The van der Waals surface area contributed by atoms with Gasteiger partial charge < -0.3 is 9.72 Å². The molecule has 1 aliphatic heterocycles. The molecular weight excluding hydrogens is 422 g/mol. The Bertz CT molecular complexity index is 1110. The van der Waals surface area contributed by atoms with Crippen molar-refractivity contribution < 1.29 is 9.53 Å². The van der Waals surface area contributed by atoms with Crippen LogP contribution in [0.4, 0.5) is 0 Å². The van der Waals surface area contributed by atoms with Crippen LogP contribution in [0.1, 0.15) is 80.0 Å². The number of allylic oxidation sites excluding steroid dienone is 2. The number of imidazole rings is 1. The largest absolute Gasteiger partial charge is 0.379 e. The highest BCUT2D eigenvalue weighted by molar-refractivity contribution is 5.95. The standard InChI is InChI=1S/C29H37N3O2/c1-6-24-19-30-27(31-24)26(33)17-22-7-8-23(29(4,5)20-32-13-15-34-16-14-32)18-25(22)21-9-11-28(2,3)12-10-21/h1,7-9,18-19H,10-17,20H2,2-5H3,(H,30,31). The molecule has 0 spiro atoms. The average molecular weight is 460 g/mol. The number of Topliss-reactive ketones (excluding diaryl/α,β-unsaturated/α-hetero) is 1. The fourth-order valence-electron chi connectivity index (χ4n) is 4.97. The zero-order valence-corrected chi connectivity index (χ0v) is 21.0. The Hall–Kier alpha value is -2.68. The number of rotatable bonds is 7. The fraction of sp³-hybridized carbons (Fsp3) is 0.517. The Morgan fingerprint density at radius 1 is 1.29 bits per heavy atom. The van der Waals surface area contributed by atoms with Crippen molar-refractivity contribution in [1.29, 1.82) is 0 Å². The normalized spacial score (nSPS) is 18.9. The summed E-state index contributed by atoms with van der Waals surface area (Å²) in [5.41, 5.74) is 5.78. The van der Waals surface area contributed by atoms with Crippen molar-refractivity contribution in [3.05, 3.63) is 58.7 Å². The van der Waals surface area contributed by atoms with Gasteiger partial charge in [0.05, 0.1) is 19.4 Å². The van der Waals surface area contributed by atoms with Crippen LogP contribution in [0.15, 0.2) is 30.5 Å². The summed E-state index contributed by atoms with van der Waals surface area (Å²) in [6, 6.07) is 6.69. The van der Waals surface area contributed by atoms with Gasteiger partial charge in [0.1, 0.15) is 5.69 Å². The first kappa shape index (κ1) is 24.4. The van der Waals surface area contributed by atoms with E-state index < -0.39 is 0 Å². The van der Waals surface area contributed by atoms with Crippen LogP contribution in [0.2, 0.25) is 0 Å². The summed E-state index contributed by atoms with van der Waals surface area (Å²) in [6.45, 7) is 13.8. The lowest BCUT2D eigenvalue weighted by Crippen LogP contribution is -2.43. The third kappa shape index (κ3) is 5.68. The molecule has 5 heteroatoms. The lowest BCUT2D eigenvalue weighted by molar-refractivity contribution is 0.0295. The third-order valence-electron chi connectivity index (χ3n) is 7.28. The maximum Gasteiger partial charge on any atom is 0.202 e. The smallest absolute Gasteiger partial charge is 0.202 e. The van der Waals surface area contributed by atoms with Crippen LogP contribution in [0.25, 0.3) is 5.57 Å². The average Bonchev–Trinajstić information content (AvgIpc) is 3.29. The topological polar surface area (TPSA) is 58.2 Å². The number of benzene rings is 1. The summed E-state index contributed by atoms with van der Waals surface area (Å²) < 4.78 is 5.53. The van der Waals surface area contributed by atoms with Gasteiger partial charge in [-0.05, 0) is 46.9 Å². The van der Waals surface area contributed by atoms with Crippen molar-refractivity contribution in [2.45, 2.75) is 58.8 Å². The number of carbonyl (C=O) groups is 1. The highest BCUT2D eigenvalue weighted by Gasteiger charge is 2.28. The molecular formula is C29H37N3O2. The van der Waals surface area contributed by atoms with E-state index in [4.69, 9.17) is 11.2 Å². The van der Waals surface area contributed by atoms with Gasteiger partial charge in [0.15, 0.2) is 5.82 Å². The highest BCUT2D eigenvalue weighted by atomic mass is 16.5. The van der Waals surface area contributed by atoms with E-state index in [9.17, 15) is 4.79 Å². The van der Waals surface area contributed by atoms with Crippen molar-refractivity contribution in [3.63, 3.8) is 0 Å². The lowest BCUT2D eigenvalue weighted by atomic mass is 9.75. The summed E-state index contributed by atoms with van der Waals surface area (Å²) in [5.74, 6) is 2.79. The summed E-state index contributed by atoms with van der Waals surface area (Å²) >= 11 is 0. The summed E-state index contributed by atoms with van der Waals surface area (Å²) in [5, 5.41) is 0. The molecule has 1 aromatic carbocycles. The number of hydrogen-bond acceptors (Lipinski definition) is 4. The van der Waals surface area contributed by atoms with Crippen LogP contribution in [-0.2, 0) is 16.6 Å². The van der Waals surface area contributed by atoms with E-state index in [1.807, 2.05) is 0 Å². The number of H-pyrrole nitrogens is 1. The number of morpholine rings is 1. The van der Waals surface area contributed by atoms with E-state index >= 15 is 0 Å². The number of aromatic amines is 1. The zero-order chi connectivity index (χ0) is 24.3. The van der Waals surface area contributed by atoms with Crippen molar-refractivity contribution in [3.8, 4) is 12.3 Å². The SMILES string of the molecule is C#Cc1cnc(C(=O)Cc2ccc(C(C)(C)CN3CCOCC3)cc2C2=CCC(C)(C)CC2)[nH]1. The minimum atomic E-state index is -0.0418. The molecule has 0 unspecified atom stereocenters. The van der Waals surface area contributed by atoms with Crippen LogP contribution in [0.3, 0.4) is 0 Å². The van der Waals surface area contributed by atoms with Crippen molar-refractivity contribution >= 4 is 11.4 Å². The predicted octanol–water partition coefficient (Wildman–Crippen LogP) is 5.02. The molecule has 0 amide bonds. The van der Waals surface area contributed by atoms with Crippen LogP contribution in [0.5, 0.6) is 0 Å². The van der Waals surface area contributed by atoms with Crippen molar-refractivity contribution in [2.75, 3.05) is 32.8 Å². The Kier molecular flexibility index (Phi) is 7.12. The van der Waals surface area contributed by atoms with Gasteiger partial charge in [-0.2, -0.15) is 0 Å². The molecule has 1 N–H and O–H groups in total. The van der Waals surface area contributed by atoms with Gasteiger partial charge in [-0.25, -0.2) is 4.98 Å². The Morgan fingerprint density at radius 3 is 2.71 bits per heavy atom. The zero-order valence-electron chi connectivity index (χ0n) is 21.0. The van der Waals surface area contributed by atoms with E-state index in [1.54, 1.807) is 0 Å². The number of ether oxygens (including phenoxy) is 1. The first-order chi connectivity index (χ1) is 16.2. The molecule has 1 aliphatic carbocycles. The van der Waals surface area contributed by atoms with Gasteiger partial charge in [-0.1, -0.05) is 57.9 Å². The molecule has 1 saturated heterocycles. The number of carbonyl (C=O) groups excluding carboxylic acids is 1. The van der Waals surface area contributed by atoms with Gasteiger partial charge in [0, 0.05) is 31.5 Å². The second kappa shape index (κ2) is 9.90. The van der Waals surface area contributed by atoms with E-state index in [-0.39, 0.29) is 11.2 Å². The van der Waals surface area contributed by atoms with Crippen LogP contribution in [0, 0.1) is 17.8 Å². The first-order valence-electron chi connectivity index (χ1n) is 12.3. The highest BCUT2D eigenvalue weighted by Crippen LogP contribution is 2.40. The Morgan fingerprint density at radius 2 is 2.06 bits per heavy atom. The molecule has 180 valence electrons. The van der Waals surface area contributed by atoms with Crippen molar-refractivity contribution in [1.82, 2.24) is 14.9 Å². The molecule has 0 bridgehead atoms. The molecule has 2 heterocycles. The summed E-state index contributed by atoms with van der Waals surface area (Å²) in [7, 11) is 0. The fourth-order valence-corrected chi connectivity index (χ4v) is 4.97. The molecule has 4 rings (SSSR count). The second-order valence-corrected chi connectivity index (χ2v) is 11.1. The minimum absolute atomic E-state index is 0.00810. The van der Waals surface area contributed by atoms with Gasteiger partial charge in [0.25, 0.3) is 0 Å². The number of terminal acetylenes is 1. The molecule has 2 aliphatic rings. The monoisotopic (exact) mass is 459 g/mol. The van der Waals surface area contributed by atoms with Gasteiger partial charge in [-0.15, -0.1) is 6.42 Å². The predicted molar refractivity (Wildman–Crippen MR) is 137 cm³/mol. The molecule has 0 radical (unpaired) electrons. The van der Waals surface area contributed by atoms with Crippen LogP contribution in [-0.4, -0.2) is 53.5 Å². The van der Waals surface area contributed by atoms with Gasteiger partial charge in [-0.3, -0.25) is 9.69 Å². The Balaban J connectivity index is 1.64. The van der Waals surface area contributed by atoms with Gasteiger partial charge >= 0.3 is 0 Å². The van der Waals surface area contributed by atoms with Gasteiger partial charge in [0.2, 0.25) is 5.78 Å². The minimum Gasteiger partial charge on any atom is -0.379 e. The first-order valence-corrected chi connectivity index (χ1v) is 12.3. The molecule has 1 fully saturated rings. The van der Waals surface area contributed by atoms with E-state index in [0.717, 1.165) is 57.7 Å². The quantitative estimate of drug-likeness (QED) is 0.467. The van der Waals surface area contributed by atoms with Crippen LogP contribution >= 0.6 is 0 Å². The second-order valence-electron chi connectivity index (χ2n) is 11.1. The van der Waals surface area contributed by atoms with Crippen molar-refractivity contribution in [2.24, 2.45) is 5.41 Å². The number of hydrogen-bond donors (Lipinski definition) is 1. The molecule has 0 atom stereocenters. The summed E-state index contributed by atoms with van der Waals surface area (Å²) in [6.07, 6.45) is 12.9. The van der Waals surface area contributed by atoms with E-state index in [1.165, 1.54) is 22.9 Å². The molecule has 0 saturated carbocycles. The van der Waals surface area contributed by atoms with E-state index in [0.29, 0.717) is 23.4 Å². The lowest BCUT2D eigenvalue weighted by Gasteiger charge is -2.36. The number of nitrogens with one attached hydrogen (secondary N) is 1. The number of aromatic nitrogens is 2. The molecule has 1 aromatic heterocycles. The Labute approximate surface area is 204 Å². The molecule has 2 aromatic rings. The van der Waals surface area contributed by atoms with Crippen LogP contribution < -0.4 is 0 Å². The molecule has 34 heavy (non-hydrogen) atoms. The maximum absolute atomic E-state index is 13.0. The number of ketones is 1. The van der Waals surface area contributed by atoms with E-state index in [2.05, 4.69) is 72.8 Å². The third-order valence-corrected chi connectivity index (χ3v) is 7.28. The summed E-state index contributed by atoms with van der Waals surface area (Å²) in [4.78, 5) is 22.6. The maximum atomic E-state index is 13.0.